The number of nitrogens with one attached hydrogen (secondary N) is 2. The molecule has 0 aliphatic carbocycles. The summed E-state index contributed by atoms with van der Waals surface area (Å²) in [4.78, 5) is 19.7. The standard InChI is InChI=1S/C10H16N6O4/c11-4-3(1-17)20-9(6(4)18)16-2-13-5-7(16)14-10(12)15-8(5)19/h3-4,6,9,13,17-18H,1-2,11H2,(H3,12,14,15,19). The number of fused-ring (bicyclic) bond motifs is 1. The van der Waals surface area contributed by atoms with Crippen LogP contribution in [0.3, 0.4) is 0 Å². The fourth-order valence-electron chi connectivity index (χ4n) is 2.48. The van der Waals surface area contributed by atoms with Crippen molar-refractivity contribution >= 4 is 17.5 Å². The van der Waals surface area contributed by atoms with Gasteiger partial charge in [-0.15, -0.1) is 0 Å². The summed E-state index contributed by atoms with van der Waals surface area (Å²) in [6.45, 7) is -0.0742. The van der Waals surface area contributed by atoms with Crippen molar-refractivity contribution in [1.29, 1.82) is 0 Å². The van der Waals surface area contributed by atoms with Crippen LogP contribution < -0.4 is 27.2 Å². The molecule has 2 aliphatic rings. The second-order valence-corrected chi connectivity index (χ2v) is 4.77. The van der Waals surface area contributed by atoms with Crippen LogP contribution in [0.25, 0.3) is 0 Å². The fourth-order valence-corrected chi connectivity index (χ4v) is 2.48. The molecule has 1 aromatic heterocycles. The first kappa shape index (κ1) is 13.1. The summed E-state index contributed by atoms with van der Waals surface area (Å²) in [6.07, 6.45) is -2.48. The molecule has 4 unspecified atom stereocenters. The van der Waals surface area contributed by atoms with E-state index in [1.807, 2.05) is 0 Å². The molecular formula is C10H16N6O4. The number of hydrogen-bond donors (Lipinski definition) is 6. The van der Waals surface area contributed by atoms with Crippen molar-refractivity contribution in [2.75, 3.05) is 29.2 Å². The Morgan fingerprint density at radius 1 is 1.55 bits per heavy atom. The molecule has 8 N–H and O–H groups in total. The molecule has 1 saturated heterocycles. The van der Waals surface area contributed by atoms with Crippen molar-refractivity contribution in [3.8, 4) is 0 Å². The van der Waals surface area contributed by atoms with Gasteiger partial charge in [0.25, 0.3) is 5.56 Å². The molecule has 3 heterocycles. The number of aliphatic hydroxyl groups is 2. The largest absolute Gasteiger partial charge is 0.394 e. The fraction of sp³-hybridized carbons (Fsp3) is 0.600. The topological polar surface area (TPSA) is 163 Å². The number of anilines is 3. The normalized spacial score (nSPS) is 32.2. The van der Waals surface area contributed by atoms with Gasteiger partial charge in [-0.3, -0.25) is 9.78 Å². The van der Waals surface area contributed by atoms with E-state index in [0.717, 1.165) is 0 Å². The van der Waals surface area contributed by atoms with Crippen molar-refractivity contribution in [3.63, 3.8) is 0 Å². The maximum Gasteiger partial charge on any atom is 0.277 e. The number of nitrogen functional groups attached to an aromatic ring is 1. The number of ether oxygens (including phenoxy) is 1. The summed E-state index contributed by atoms with van der Waals surface area (Å²) in [5.41, 5.74) is 11.2. The van der Waals surface area contributed by atoms with Crippen LogP contribution in [0.1, 0.15) is 0 Å². The third-order valence-electron chi connectivity index (χ3n) is 3.53. The SMILES string of the molecule is Nc1nc2c(c(=O)[nH]1)NCN2C1OC(CO)C(N)C1O. The Morgan fingerprint density at radius 2 is 2.30 bits per heavy atom. The minimum atomic E-state index is -1.01. The molecule has 1 aromatic rings. The molecule has 0 spiro atoms. The Kier molecular flexibility index (Phi) is 3.01. The van der Waals surface area contributed by atoms with Gasteiger partial charge in [-0.1, -0.05) is 0 Å². The Morgan fingerprint density at radius 3 is 2.95 bits per heavy atom. The van der Waals surface area contributed by atoms with E-state index in [1.165, 1.54) is 0 Å². The smallest absolute Gasteiger partial charge is 0.277 e. The average molecular weight is 284 g/mol. The van der Waals surface area contributed by atoms with Gasteiger partial charge < -0.3 is 36.6 Å². The average Bonchev–Trinajstić information content (AvgIpc) is 2.93. The minimum absolute atomic E-state index is 0.0297. The second kappa shape index (κ2) is 4.59. The number of nitrogens with two attached hydrogens (primary N) is 2. The van der Waals surface area contributed by atoms with Crippen LogP contribution in [0.15, 0.2) is 4.79 Å². The Balaban J connectivity index is 1.94. The second-order valence-electron chi connectivity index (χ2n) is 4.77. The molecule has 10 nitrogen and oxygen atoms in total. The molecule has 110 valence electrons. The molecule has 3 rings (SSSR count). The summed E-state index contributed by atoms with van der Waals surface area (Å²) in [7, 11) is 0. The Bertz CT molecular complexity index is 577. The molecule has 1 fully saturated rings. The molecule has 2 aliphatic heterocycles. The van der Waals surface area contributed by atoms with Crippen LogP contribution >= 0.6 is 0 Å². The van der Waals surface area contributed by atoms with E-state index in [0.29, 0.717) is 5.82 Å². The van der Waals surface area contributed by atoms with Gasteiger partial charge in [0.15, 0.2) is 12.0 Å². The van der Waals surface area contributed by atoms with E-state index < -0.39 is 30.0 Å². The molecule has 4 atom stereocenters. The van der Waals surface area contributed by atoms with Crippen LogP contribution in [0, 0.1) is 0 Å². The predicted molar refractivity (Wildman–Crippen MR) is 70.0 cm³/mol. The van der Waals surface area contributed by atoms with Gasteiger partial charge in [-0.05, 0) is 0 Å². The van der Waals surface area contributed by atoms with Gasteiger partial charge in [-0.2, -0.15) is 4.98 Å². The van der Waals surface area contributed by atoms with Gasteiger partial charge in [0.1, 0.15) is 17.9 Å². The molecular weight excluding hydrogens is 268 g/mol. The minimum Gasteiger partial charge on any atom is -0.394 e. The molecule has 10 heteroatoms. The van der Waals surface area contributed by atoms with Crippen LogP contribution in [0.5, 0.6) is 0 Å². The zero-order valence-corrected chi connectivity index (χ0v) is 10.5. The predicted octanol–water partition coefficient (Wildman–Crippen LogP) is -3.05. The number of aliphatic hydroxyl groups excluding tert-OH is 2. The maximum atomic E-state index is 11.7. The van der Waals surface area contributed by atoms with Crippen molar-refractivity contribution in [2.24, 2.45) is 5.73 Å². The van der Waals surface area contributed by atoms with Crippen LogP contribution in [-0.2, 0) is 4.74 Å². The summed E-state index contributed by atoms with van der Waals surface area (Å²) >= 11 is 0. The van der Waals surface area contributed by atoms with Crippen LogP contribution in [0.2, 0.25) is 0 Å². The highest BCUT2D eigenvalue weighted by molar-refractivity contribution is 5.71. The van der Waals surface area contributed by atoms with E-state index >= 15 is 0 Å². The highest BCUT2D eigenvalue weighted by atomic mass is 16.5. The lowest BCUT2D eigenvalue weighted by Gasteiger charge is -2.26. The number of aromatic amines is 1. The quantitative estimate of drug-likeness (QED) is 0.331. The molecule has 0 bridgehead atoms. The lowest BCUT2D eigenvalue weighted by molar-refractivity contribution is -0.0102. The molecule has 0 aromatic carbocycles. The van der Waals surface area contributed by atoms with Gasteiger partial charge in [-0.25, -0.2) is 0 Å². The van der Waals surface area contributed by atoms with Crippen molar-refractivity contribution in [1.82, 2.24) is 9.97 Å². The van der Waals surface area contributed by atoms with Gasteiger partial charge >= 0.3 is 0 Å². The lowest BCUT2D eigenvalue weighted by atomic mass is 10.1. The zero-order valence-electron chi connectivity index (χ0n) is 10.5. The summed E-state index contributed by atoms with van der Waals surface area (Å²) in [6, 6.07) is -0.714. The van der Waals surface area contributed by atoms with E-state index in [9.17, 15) is 9.90 Å². The van der Waals surface area contributed by atoms with E-state index in [-0.39, 0.29) is 24.9 Å². The van der Waals surface area contributed by atoms with Crippen molar-refractivity contribution in [2.45, 2.75) is 24.5 Å². The first-order chi connectivity index (χ1) is 9.52. The highest BCUT2D eigenvalue weighted by Crippen LogP contribution is 2.32. The molecule has 0 amide bonds. The zero-order chi connectivity index (χ0) is 14.4. The van der Waals surface area contributed by atoms with Gasteiger partial charge in [0, 0.05) is 0 Å². The first-order valence-corrected chi connectivity index (χ1v) is 6.13. The maximum absolute atomic E-state index is 11.7. The van der Waals surface area contributed by atoms with Gasteiger partial charge in [0.2, 0.25) is 5.95 Å². The third-order valence-corrected chi connectivity index (χ3v) is 3.53. The third kappa shape index (κ3) is 1.81. The van der Waals surface area contributed by atoms with Gasteiger partial charge in [0.05, 0.1) is 19.3 Å². The molecule has 0 saturated carbocycles. The van der Waals surface area contributed by atoms with Crippen LogP contribution in [0.4, 0.5) is 17.5 Å². The molecule has 0 radical (unpaired) electrons. The molecule has 20 heavy (non-hydrogen) atoms. The number of nitrogens with zero attached hydrogens (tertiary/aromatic N) is 2. The lowest BCUT2D eigenvalue weighted by Crippen LogP contribution is -2.47. The number of hydrogen-bond acceptors (Lipinski definition) is 9. The van der Waals surface area contributed by atoms with Crippen molar-refractivity contribution < 1.29 is 14.9 Å². The number of aromatic nitrogens is 2. The highest BCUT2D eigenvalue weighted by Gasteiger charge is 2.46. The first-order valence-electron chi connectivity index (χ1n) is 6.13. The number of rotatable bonds is 2. The summed E-state index contributed by atoms with van der Waals surface area (Å²) < 4.78 is 5.52. The van der Waals surface area contributed by atoms with Crippen molar-refractivity contribution in [3.05, 3.63) is 10.4 Å². The summed E-state index contributed by atoms with van der Waals surface area (Å²) in [5.74, 6) is 0.263. The van der Waals surface area contributed by atoms with E-state index in [1.54, 1.807) is 4.90 Å². The summed E-state index contributed by atoms with van der Waals surface area (Å²) in [5, 5.41) is 22.1. The number of H-pyrrole nitrogens is 1. The van der Waals surface area contributed by atoms with E-state index in [4.69, 9.17) is 21.3 Å². The Hall–Kier alpha value is -1.88. The monoisotopic (exact) mass is 284 g/mol. The van der Waals surface area contributed by atoms with Crippen LogP contribution in [-0.4, -0.2) is 57.9 Å². The Labute approximate surface area is 113 Å². The van der Waals surface area contributed by atoms with E-state index in [2.05, 4.69) is 15.3 Å².